The number of furan rings is 1. The van der Waals surface area contributed by atoms with Crippen LogP contribution in [-0.4, -0.2) is 28.6 Å². The van der Waals surface area contributed by atoms with Crippen LogP contribution in [0.15, 0.2) is 21.9 Å². The molecule has 3 rings (SSSR count). The third-order valence-electron chi connectivity index (χ3n) is 3.99. The lowest BCUT2D eigenvalue weighted by Crippen LogP contribution is -2.33. The van der Waals surface area contributed by atoms with E-state index in [4.69, 9.17) is 4.42 Å². The van der Waals surface area contributed by atoms with E-state index in [2.05, 4.69) is 10.3 Å². The number of aryl methyl sites for hydroxylation is 1. The standard InChI is InChI=1S/C16H20N2O3S/c1-10-5-6-14(21-10)16-18-13(9-22-16)15(20)17-8-11-3-2-4-12(19)7-11/h5-6,9,11-12,19H,2-4,7-8H2,1H3,(H,17,20). The van der Waals surface area contributed by atoms with Gasteiger partial charge in [0.05, 0.1) is 6.10 Å². The molecule has 0 saturated heterocycles. The summed E-state index contributed by atoms with van der Waals surface area (Å²) in [4.78, 5) is 16.5. The molecule has 2 aromatic heterocycles. The van der Waals surface area contributed by atoms with E-state index in [0.29, 0.717) is 28.9 Å². The van der Waals surface area contributed by atoms with E-state index in [0.717, 1.165) is 31.4 Å². The van der Waals surface area contributed by atoms with Gasteiger partial charge in [-0.1, -0.05) is 6.42 Å². The fourth-order valence-electron chi connectivity index (χ4n) is 2.82. The Morgan fingerprint density at radius 3 is 3.09 bits per heavy atom. The van der Waals surface area contributed by atoms with E-state index >= 15 is 0 Å². The van der Waals surface area contributed by atoms with Crippen LogP contribution in [0.25, 0.3) is 10.8 Å². The zero-order valence-electron chi connectivity index (χ0n) is 12.5. The molecule has 0 aliphatic heterocycles. The van der Waals surface area contributed by atoms with Gasteiger partial charge in [-0.25, -0.2) is 4.98 Å². The first-order chi connectivity index (χ1) is 10.6. The van der Waals surface area contributed by atoms with Gasteiger partial charge in [0.2, 0.25) is 0 Å². The summed E-state index contributed by atoms with van der Waals surface area (Å²) >= 11 is 1.40. The summed E-state index contributed by atoms with van der Waals surface area (Å²) in [5.74, 6) is 1.72. The number of rotatable bonds is 4. The minimum absolute atomic E-state index is 0.161. The zero-order chi connectivity index (χ0) is 15.5. The smallest absolute Gasteiger partial charge is 0.270 e. The lowest BCUT2D eigenvalue weighted by atomic mass is 9.87. The Hall–Kier alpha value is -1.66. The molecular formula is C16H20N2O3S. The maximum Gasteiger partial charge on any atom is 0.270 e. The molecule has 0 bridgehead atoms. The minimum atomic E-state index is -0.219. The normalized spacial score (nSPS) is 21.7. The van der Waals surface area contributed by atoms with Gasteiger partial charge in [0.1, 0.15) is 11.5 Å². The molecule has 0 radical (unpaired) electrons. The molecule has 2 atom stereocenters. The monoisotopic (exact) mass is 320 g/mol. The van der Waals surface area contributed by atoms with E-state index in [1.165, 1.54) is 11.3 Å². The fourth-order valence-corrected chi connectivity index (χ4v) is 3.58. The highest BCUT2D eigenvalue weighted by Gasteiger charge is 2.21. The molecule has 2 N–H and O–H groups in total. The number of nitrogens with zero attached hydrogens (tertiary/aromatic N) is 1. The van der Waals surface area contributed by atoms with E-state index in [-0.39, 0.29) is 12.0 Å². The summed E-state index contributed by atoms with van der Waals surface area (Å²) in [7, 11) is 0. The van der Waals surface area contributed by atoms with E-state index in [1.54, 1.807) is 5.38 Å². The van der Waals surface area contributed by atoms with Gasteiger partial charge in [0.15, 0.2) is 10.8 Å². The molecule has 1 amide bonds. The summed E-state index contributed by atoms with van der Waals surface area (Å²) < 4.78 is 5.52. The Labute approximate surface area is 133 Å². The van der Waals surface area contributed by atoms with Crippen LogP contribution in [0.2, 0.25) is 0 Å². The molecule has 0 aromatic carbocycles. The van der Waals surface area contributed by atoms with Crippen molar-refractivity contribution in [2.45, 2.75) is 38.7 Å². The van der Waals surface area contributed by atoms with Crippen molar-refractivity contribution in [1.82, 2.24) is 10.3 Å². The van der Waals surface area contributed by atoms with Gasteiger partial charge in [-0.2, -0.15) is 0 Å². The lowest BCUT2D eigenvalue weighted by molar-refractivity contribution is 0.0871. The maximum atomic E-state index is 12.2. The predicted molar refractivity (Wildman–Crippen MR) is 84.9 cm³/mol. The third kappa shape index (κ3) is 3.56. The summed E-state index contributed by atoms with van der Waals surface area (Å²) in [5.41, 5.74) is 0.422. The van der Waals surface area contributed by atoms with Crippen molar-refractivity contribution in [2.75, 3.05) is 6.54 Å². The summed E-state index contributed by atoms with van der Waals surface area (Å²) in [6.07, 6.45) is 3.52. The number of thiazole rings is 1. The number of nitrogens with one attached hydrogen (secondary N) is 1. The largest absolute Gasteiger partial charge is 0.459 e. The van der Waals surface area contributed by atoms with Gasteiger partial charge < -0.3 is 14.8 Å². The Bertz CT molecular complexity index is 649. The van der Waals surface area contributed by atoms with Gasteiger partial charge in [0, 0.05) is 11.9 Å². The molecule has 0 spiro atoms. The third-order valence-corrected chi connectivity index (χ3v) is 4.85. The number of amides is 1. The Kier molecular flexibility index (Phi) is 4.59. The molecular weight excluding hydrogens is 300 g/mol. The summed E-state index contributed by atoms with van der Waals surface area (Å²) in [5, 5.41) is 15.0. The highest BCUT2D eigenvalue weighted by Crippen LogP contribution is 2.26. The molecule has 5 nitrogen and oxygen atoms in total. The van der Waals surface area contributed by atoms with E-state index in [1.807, 2.05) is 19.1 Å². The first-order valence-corrected chi connectivity index (χ1v) is 8.48. The van der Waals surface area contributed by atoms with Gasteiger partial charge in [-0.15, -0.1) is 11.3 Å². The Morgan fingerprint density at radius 2 is 2.36 bits per heavy atom. The molecule has 2 unspecified atom stereocenters. The average Bonchev–Trinajstić information content (AvgIpc) is 3.13. The molecule has 6 heteroatoms. The first kappa shape index (κ1) is 15.2. The second-order valence-electron chi connectivity index (χ2n) is 5.84. The van der Waals surface area contributed by atoms with Crippen LogP contribution < -0.4 is 5.32 Å². The van der Waals surface area contributed by atoms with E-state index < -0.39 is 0 Å². The van der Waals surface area contributed by atoms with Crippen LogP contribution in [0.3, 0.4) is 0 Å². The quantitative estimate of drug-likeness (QED) is 0.908. The average molecular weight is 320 g/mol. The molecule has 22 heavy (non-hydrogen) atoms. The number of aliphatic hydroxyl groups excluding tert-OH is 1. The molecule has 1 aliphatic rings. The Morgan fingerprint density at radius 1 is 1.50 bits per heavy atom. The first-order valence-electron chi connectivity index (χ1n) is 7.60. The second-order valence-corrected chi connectivity index (χ2v) is 6.70. The van der Waals surface area contributed by atoms with Crippen molar-refractivity contribution in [3.8, 4) is 10.8 Å². The molecule has 1 aliphatic carbocycles. The number of carbonyl (C=O) groups excluding carboxylic acids is 1. The number of carbonyl (C=O) groups is 1. The van der Waals surface area contributed by atoms with Crippen LogP contribution >= 0.6 is 11.3 Å². The minimum Gasteiger partial charge on any atom is -0.459 e. The van der Waals surface area contributed by atoms with Crippen LogP contribution in [0.1, 0.15) is 41.9 Å². The molecule has 1 fully saturated rings. The molecule has 2 aromatic rings. The van der Waals surface area contributed by atoms with Crippen molar-refractivity contribution >= 4 is 17.2 Å². The van der Waals surface area contributed by atoms with Gasteiger partial charge in [-0.05, 0) is 44.2 Å². The second kappa shape index (κ2) is 6.62. The van der Waals surface area contributed by atoms with Crippen LogP contribution in [-0.2, 0) is 0 Å². The highest BCUT2D eigenvalue weighted by molar-refractivity contribution is 7.13. The number of hydrogen-bond acceptors (Lipinski definition) is 5. The highest BCUT2D eigenvalue weighted by atomic mass is 32.1. The fraction of sp³-hybridized carbons (Fsp3) is 0.500. The maximum absolute atomic E-state index is 12.2. The van der Waals surface area contributed by atoms with Crippen molar-refractivity contribution < 1.29 is 14.3 Å². The van der Waals surface area contributed by atoms with Crippen molar-refractivity contribution in [2.24, 2.45) is 5.92 Å². The van der Waals surface area contributed by atoms with Gasteiger partial charge in [-0.3, -0.25) is 4.79 Å². The summed E-state index contributed by atoms with van der Waals surface area (Å²) in [6, 6.07) is 3.74. The number of hydrogen-bond donors (Lipinski definition) is 2. The zero-order valence-corrected chi connectivity index (χ0v) is 13.4. The van der Waals surface area contributed by atoms with Crippen LogP contribution in [0, 0.1) is 12.8 Å². The van der Waals surface area contributed by atoms with Crippen molar-refractivity contribution in [3.63, 3.8) is 0 Å². The van der Waals surface area contributed by atoms with Gasteiger partial charge >= 0.3 is 0 Å². The Balaban J connectivity index is 1.57. The predicted octanol–water partition coefficient (Wildman–Crippen LogP) is 2.99. The topological polar surface area (TPSA) is 75.4 Å². The SMILES string of the molecule is Cc1ccc(-c2nc(C(=O)NCC3CCCC(O)C3)cs2)o1. The lowest BCUT2D eigenvalue weighted by Gasteiger charge is -2.25. The molecule has 2 heterocycles. The van der Waals surface area contributed by atoms with Crippen LogP contribution in [0.5, 0.6) is 0 Å². The van der Waals surface area contributed by atoms with Gasteiger partial charge in [0.25, 0.3) is 5.91 Å². The number of aliphatic hydroxyl groups is 1. The van der Waals surface area contributed by atoms with Crippen LogP contribution in [0.4, 0.5) is 0 Å². The van der Waals surface area contributed by atoms with E-state index in [9.17, 15) is 9.90 Å². The molecule has 1 saturated carbocycles. The summed E-state index contributed by atoms with van der Waals surface area (Å²) in [6.45, 7) is 2.48. The number of aromatic nitrogens is 1. The van der Waals surface area contributed by atoms with Crippen molar-refractivity contribution in [3.05, 3.63) is 29.0 Å². The van der Waals surface area contributed by atoms with Crippen molar-refractivity contribution in [1.29, 1.82) is 0 Å². The molecule has 118 valence electrons.